The van der Waals surface area contributed by atoms with Crippen molar-refractivity contribution in [3.05, 3.63) is 47.3 Å². The van der Waals surface area contributed by atoms with E-state index in [1.807, 2.05) is 18.2 Å². The van der Waals surface area contributed by atoms with Gasteiger partial charge >= 0.3 is 0 Å². The average Bonchev–Trinajstić information content (AvgIpc) is 3.54. The summed E-state index contributed by atoms with van der Waals surface area (Å²) in [7, 11) is -3.68. The van der Waals surface area contributed by atoms with Gasteiger partial charge in [0.2, 0.25) is 15.9 Å². The normalized spacial score (nSPS) is 18.8. The molecule has 32 heavy (non-hydrogen) atoms. The van der Waals surface area contributed by atoms with Gasteiger partial charge in [-0.2, -0.15) is 4.31 Å². The number of carbonyl (C=O) groups excluding carboxylic acids is 1. The van der Waals surface area contributed by atoms with Gasteiger partial charge in [-0.05, 0) is 45.1 Å². The molecule has 1 atom stereocenters. The first kappa shape index (κ1) is 22.9. The highest BCUT2D eigenvalue weighted by atomic mass is 32.2. The lowest BCUT2D eigenvalue weighted by Crippen LogP contribution is -2.52. The summed E-state index contributed by atoms with van der Waals surface area (Å²) < 4.78 is 32.5. The van der Waals surface area contributed by atoms with Crippen molar-refractivity contribution in [1.82, 2.24) is 19.3 Å². The second kappa shape index (κ2) is 9.33. The van der Waals surface area contributed by atoms with Crippen LogP contribution in [0.25, 0.3) is 0 Å². The molecule has 1 aromatic heterocycles. The molecule has 8 nitrogen and oxygen atoms in total. The summed E-state index contributed by atoms with van der Waals surface area (Å²) in [6.45, 7) is 7.98. The van der Waals surface area contributed by atoms with E-state index in [0.29, 0.717) is 37.0 Å². The molecule has 1 aliphatic carbocycles. The Balaban J connectivity index is 1.39. The molecule has 2 heterocycles. The fraction of sp³-hybridized carbons (Fsp3) is 0.565. The van der Waals surface area contributed by atoms with Gasteiger partial charge in [-0.3, -0.25) is 9.69 Å². The van der Waals surface area contributed by atoms with E-state index in [-0.39, 0.29) is 29.9 Å². The predicted octanol–water partition coefficient (Wildman–Crippen LogP) is 2.60. The highest BCUT2D eigenvalue weighted by Gasteiger charge is 2.35. The number of sulfonamides is 1. The topological polar surface area (TPSA) is 87.0 Å². The Kier molecular flexibility index (Phi) is 6.69. The zero-order valence-corrected chi connectivity index (χ0v) is 19.8. The molecule has 0 bridgehead atoms. The van der Waals surface area contributed by atoms with Crippen molar-refractivity contribution >= 4 is 15.9 Å². The number of nitrogens with zero attached hydrogens (tertiary/aromatic N) is 4. The van der Waals surface area contributed by atoms with Gasteiger partial charge < -0.3 is 9.42 Å². The Morgan fingerprint density at radius 2 is 1.81 bits per heavy atom. The first-order valence-corrected chi connectivity index (χ1v) is 12.7. The van der Waals surface area contributed by atoms with E-state index in [1.165, 1.54) is 22.7 Å². The zero-order chi connectivity index (χ0) is 22.9. The number of hydrogen-bond acceptors (Lipinski definition) is 6. The fourth-order valence-electron chi connectivity index (χ4n) is 4.36. The van der Waals surface area contributed by atoms with Crippen molar-refractivity contribution in [1.29, 1.82) is 0 Å². The quantitative estimate of drug-likeness (QED) is 0.602. The minimum Gasteiger partial charge on any atom is -0.360 e. The lowest BCUT2D eigenvalue weighted by Gasteiger charge is -2.36. The maximum atomic E-state index is 13.1. The molecule has 0 spiro atoms. The summed E-state index contributed by atoms with van der Waals surface area (Å²) in [4.78, 5) is 17.3. The summed E-state index contributed by atoms with van der Waals surface area (Å²) in [5, 5.41) is 3.77. The summed E-state index contributed by atoms with van der Waals surface area (Å²) in [5.41, 5.74) is 1.57. The summed E-state index contributed by atoms with van der Waals surface area (Å²) in [5.74, 6) is 1.03. The van der Waals surface area contributed by atoms with Crippen LogP contribution in [0, 0.1) is 19.8 Å². The second-order valence-electron chi connectivity index (χ2n) is 8.90. The molecule has 1 amide bonds. The smallest absolute Gasteiger partial charge is 0.248 e. The maximum absolute atomic E-state index is 13.1. The standard InChI is InChI=1S/C23H32N4O4S/c1-17-23(19(3)31-24-17)32(29,30)27-13-11-25(12-14-27)22(28)16-26(15-20-9-10-20)18(2)21-7-5-4-6-8-21/h4-8,18,20H,9-16H2,1-3H3. The van der Waals surface area contributed by atoms with Crippen molar-refractivity contribution in [2.24, 2.45) is 5.92 Å². The van der Waals surface area contributed by atoms with E-state index >= 15 is 0 Å². The van der Waals surface area contributed by atoms with Gasteiger partial charge in [0.05, 0.1) is 6.54 Å². The molecule has 1 saturated carbocycles. The van der Waals surface area contributed by atoms with Crippen LogP contribution in [0.15, 0.2) is 39.8 Å². The summed E-state index contributed by atoms with van der Waals surface area (Å²) >= 11 is 0. The molecule has 1 aliphatic heterocycles. The van der Waals surface area contributed by atoms with Crippen molar-refractivity contribution in [3.63, 3.8) is 0 Å². The monoisotopic (exact) mass is 460 g/mol. The first-order chi connectivity index (χ1) is 15.3. The minimum atomic E-state index is -3.68. The van der Waals surface area contributed by atoms with Crippen molar-refractivity contribution in [3.8, 4) is 0 Å². The highest BCUT2D eigenvalue weighted by Crippen LogP contribution is 2.33. The minimum absolute atomic E-state index is 0.0582. The number of rotatable bonds is 8. The first-order valence-electron chi connectivity index (χ1n) is 11.3. The highest BCUT2D eigenvalue weighted by molar-refractivity contribution is 7.89. The Labute approximate surface area is 190 Å². The van der Waals surface area contributed by atoms with Crippen molar-refractivity contribution in [2.75, 3.05) is 39.3 Å². The molecule has 9 heteroatoms. The van der Waals surface area contributed by atoms with Crippen LogP contribution in [-0.4, -0.2) is 72.9 Å². The fourth-order valence-corrected chi connectivity index (χ4v) is 6.07. The average molecular weight is 461 g/mol. The number of aryl methyl sites for hydroxylation is 2. The number of benzene rings is 1. The third-order valence-corrected chi connectivity index (χ3v) is 8.66. The number of carbonyl (C=O) groups is 1. The Morgan fingerprint density at radius 1 is 1.16 bits per heavy atom. The number of amides is 1. The van der Waals surface area contributed by atoms with Crippen molar-refractivity contribution < 1.29 is 17.7 Å². The number of piperazine rings is 1. The van der Waals surface area contributed by atoms with Gasteiger partial charge in [0.1, 0.15) is 10.6 Å². The number of hydrogen-bond donors (Lipinski definition) is 0. The van der Waals surface area contributed by atoms with Crippen LogP contribution in [0.1, 0.15) is 42.8 Å². The molecule has 0 radical (unpaired) electrons. The molecule has 174 valence electrons. The zero-order valence-electron chi connectivity index (χ0n) is 19.0. The van der Waals surface area contributed by atoms with Crippen molar-refractivity contribution in [2.45, 2.75) is 44.6 Å². The lowest BCUT2D eigenvalue weighted by molar-refractivity contribution is -0.134. The molecule has 4 rings (SSSR count). The van der Waals surface area contributed by atoms with E-state index in [1.54, 1.807) is 18.7 Å². The third kappa shape index (κ3) is 4.89. The summed E-state index contributed by atoms with van der Waals surface area (Å²) in [6.07, 6.45) is 2.45. The third-order valence-electron chi connectivity index (χ3n) is 6.51. The molecule has 1 saturated heterocycles. The van der Waals surface area contributed by atoms with E-state index in [2.05, 4.69) is 29.1 Å². The second-order valence-corrected chi connectivity index (χ2v) is 10.8. The van der Waals surface area contributed by atoms with Crippen LogP contribution in [-0.2, 0) is 14.8 Å². The predicted molar refractivity (Wildman–Crippen MR) is 120 cm³/mol. The Bertz CT molecular complexity index is 1020. The van der Waals surface area contributed by atoms with Gasteiger partial charge in [0.15, 0.2) is 5.76 Å². The number of aromatic nitrogens is 1. The molecule has 1 aromatic carbocycles. The van der Waals surface area contributed by atoms with Gasteiger partial charge in [-0.25, -0.2) is 8.42 Å². The molecule has 2 fully saturated rings. The maximum Gasteiger partial charge on any atom is 0.248 e. The van der Waals surface area contributed by atoms with E-state index in [0.717, 1.165) is 6.54 Å². The lowest BCUT2D eigenvalue weighted by atomic mass is 10.1. The van der Waals surface area contributed by atoms with Gasteiger partial charge in [0.25, 0.3) is 0 Å². The van der Waals surface area contributed by atoms with Crippen LogP contribution in [0.3, 0.4) is 0 Å². The Morgan fingerprint density at radius 3 is 2.38 bits per heavy atom. The van der Waals surface area contributed by atoms with Crippen LogP contribution in [0.5, 0.6) is 0 Å². The van der Waals surface area contributed by atoms with E-state index in [9.17, 15) is 13.2 Å². The van der Waals surface area contributed by atoms with Gasteiger partial charge in [-0.15, -0.1) is 0 Å². The molecular weight excluding hydrogens is 428 g/mol. The molecule has 0 N–H and O–H groups in total. The van der Waals surface area contributed by atoms with Crippen LogP contribution < -0.4 is 0 Å². The van der Waals surface area contributed by atoms with Crippen LogP contribution in [0.4, 0.5) is 0 Å². The van der Waals surface area contributed by atoms with E-state index in [4.69, 9.17) is 4.52 Å². The summed E-state index contributed by atoms with van der Waals surface area (Å²) in [6, 6.07) is 10.4. The van der Waals surface area contributed by atoms with Crippen LogP contribution >= 0.6 is 0 Å². The van der Waals surface area contributed by atoms with Gasteiger partial charge in [0, 0.05) is 38.8 Å². The Hall–Kier alpha value is -2.23. The molecule has 2 aromatic rings. The SMILES string of the molecule is Cc1noc(C)c1S(=O)(=O)N1CCN(C(=O)CN(CC2CC2)C(C)c2ccccc2)CC1. The van der Waals surface area contributed by atoms with E-state index < -0.39 is 10.0 Å². The van der Waals surface area contributed by atoms with Gasteiger partial charge in [-0.1, -0.05) is 35.5 Å². The van der Waals surface area contributed by atoms with Crippen LogP contribution in [0.2, 0.25) is 0 Å². The molecular formula is C23H32N4O4S. The molecule has 2 aliphatic rings. The molecule has 1 unspecified atom stereocenters. The largest absolute Gasteiger partial charge is 0.360 e.